The van der Waals surface area contributed by atoms with Crippen LogP contribution < -0.4 is 5.56 Å². The second-order valence-electron chi connectivity index (χ2n) is 1.90. The molecule has 0 fully saturated rings. The van der Waals surface area contributed by atoms with Crippen molar-refractivity contribution in [1.82, 2.24) is 9.97 Å². The number of hydrogen-bond acceptors (Lipinski definition) is 2. The summed E-state index contributed by atoms with van der Waals surface area (Å²) in [6.07, 6.45) is 5.16. The fourth-order valence-electron chi connectivity index (χ4n) is 0.675. The molecule has 0 saturated carbocycles. The van der Waals surface area contributed by atoms with Crippen LogP contribution in [0.25, 0.3) is 0 Å². The molecule has 0 unspecified atom stereocenters. The van der Waals surface area contributed by atoms with Gasteiger partial charge in [-0.1, -0.05) is 6.08 Å². The van der Waals surface area contributed by atoms with E-state index in [2.05, 4.69) is 16.5 Å². The zero-order valence-corrected chi connectivity index (χ0v) is 5.50. The van der Waals surface area contributed by atoms with Gasteiger partial charge in [-0.05, 0) is 6.42 Å². The Bertz CT molecular complexity index is 277. The lowest BCUT2D eigenvalue weighted by atomic mass is 10.2. The van der Waals surface area contributed by atoms with E-state index in [9.17, 15) is 4.79 Å². The van der Waals surface area contributed by atoms with Gasteiger partial charge in [0, 0.05) is 11.8 Å². The highest BCUT2D eigenvalue weighted by molar-refractivity contribution is 5.06. The lowest BCUT2D eigenvalue weighted by Gasteiger charge is -1.90. The van der Waals surface area contributed by atoms with Crippen molar-refractivity contribution in [2.24, 2.45) is 0 Å². The number of rotatable bonds is 2. The highest BCUT2D eigenvalue weighted by atomic mass is 16.1. The van der Waals surface area contributed by atoms with E-state index in [-0.39, 0.29) is 5.56 Å². The normalized spacial score (nSPS) is 9.20. The molecule has 52 valence electrons. The van der Waals surface area contributed by atoms with Gasteiger partial charge in [0.25, 0.3) is 5.56 Å². The lowest BCUT2D eigenvalue weighted by Crippen LogP contribution is -2.11. The van der Waals surface area contributed by atoms with Gasteiger partial charge in [0.15, 0.2) is 0 Å². The summed E-state index contributed by atoms with van der Waals surface area (Å²) in [7, 11) is 0. The van der Waals surface area contributed by atoms with Crippen LogP contribution >= 0.6 is 0 Å². The number of hydrogen-bond donors (Lipinski definition) is 1. The number of allylic oxidation sites excluding steroid dienone is 1. The summed E-state index contributed by atoms with van der Waals surface area (Å²) >= 11 is 0. The molecule has 0 aliphatic heterocycles. The maximum Gasteiger partial charge on any atom is 0.254 e. The summed E-state index contributed by atoms with van der Waals surface area (Å²) in [5.41, 5.74) is 0.562. The summed E-state index contributed by atoms with van der Waals surface area (Å²) in [4.78, 5) is 17.1. The number of aromatic nitrogens is 2. The minimum Gasteiger partial charge on any atom is -0.313 e. The third-order valence-electron chi connectivity index (χ3n) is 1.16. The molecule has 0 spiro atoms. The van der Waals surface area contributed by atoms with Crippen LogP contribution in [0.5, 0.6) is 0 Å². The van der Waals surface area contributed by atoms with Crippen molar-refractivity contribution in [2.45, 2.75) is 6.42 Å². The van der Waals surface area contributed by atoms with Crippen LogP contribution in [-0.2, 0) is 6.42 Å². The molecular weight excluding hydrogens is 128 g/mol. The SMILES string of the molecule is C=CCc1cnc[nH]c1=O. The van der Waals surface area contributed by atoms with Crippen LogP contribution in [0.4, 0.5) is 0 Å². The monoisotopic (exact) mass is 136 g/mol. The summed E-state index contributed by atoms with van der Waals surface area (Å²) in [5.74, 6) is 0. The standard InChI is InChI=1S/C7H8N2O/c1-2-3-6-4-8-5-9-7(6)10/h2,4-5H,1,3H2,(H,8,9,10). The van der Waals surface area contributed by atoms with Crippen molar-refractivity contribution in [3.05, 3.63) is 41.1 Å². The number of aromatic amines is 1. The van der Waals surface area contributed by atoms with Crippen LogP contribution in [0.1, 0.15) is 5.56 Å². The molecule has 0 aromatic carbocycles. The van der Waals surface area contributed by atoms with Gasteiger partial charge in [0.2, 0.25) is 0 Å². The second-order valence-corrected chi connectivity index (χ2v) is 1.90. The zero-order valence-electron chi connectivity index (χ0n) is 5.50. The quantitative estimate of drug-likeness (QED) is 0.602. The van der Waals surface area contributed by atoms with Crippen molar-refractivity contribution in [2.75, 3.05) is 0 Å². The van der Waals surface area contributed by atoms with Crippen molar-refractivity contribution in [3.63, 3.8) is 0 Å². The van der Waals surface area contributed by atoms with Crippen LogP contribution in [0, 0.1) is 0 Å². The van der Waals surface area contributed by atoms with Crippen LogP contribution in [0.15, 0.2) is 30.0 Å². The first-order chi connectivity index (χ1) is 4.84. The molecule has 1 N–H and O–H groups in total. The fourth-order valence-corrected chi connectivity index (χ4v) is 0.675. The third-order valence-corrected chi connectivity index (χ3v) is 1.16. The summed E-state index contributed by atoms with van der Waals surface area (Å²) < 4.78 is 0. The molecule has 1 rings (SSSR count). The van der Waals surface area contributed by atoms with Gasteiger partial charge in [-0.2, -0.15) is 0 Å². The van der Waals surface area contributed by atoms with Gasteiger partial charge in [-0.25, -0.2) is 4.98 Å². The van der Waals surface area contributed by atoms with Gasteiger partial charge in [-0.3, -0.25) is 4.79 Å². The Morgan fingerprint density at radius 1 is 1.80 bits per heavy atom. The molecule has 0 bridgehead atoms. The molecule has 10 heavy (non-hydrogen) atoms. The van der Waals surface area contributed by atoms with E-state index in [0.717, 1.165) is 0 Å². The van der Waals surface area contributed by atoms with Crippen molar-refractivity contribution >= 4 is 0 Å². The molecule has 0 aliphatic rings. The number of nitrogens with zero attached hydrogens (tertiary/aromatic N) is 1. The van der Waals surface area contributed by atoms with Gasteiger partial charge >= 0.3 is 0 Å². The minimum absolute atomic E-state index is 0.0881. The third kappa shape index (κ3) is 1.31. The van der Waals surface area contributed by atoms with E-state index in [0.29, 0.717) is 12.0 Å². The molecule has 1 aromatic heterocycles. The molecule has 1 aromatic rings. The molecular formula is C7H8N2O. The van der Waals surface area contributed by atoms with E-state index in [4.69, 9.17) is 0 Å². The fraction of sp³-hybridized carbons (Fsp3) is 0.143. The first kappa shape index (κ1) is 6.74. The molecule has 3 nitrogen and oxygen atoms in total. The minimum atomic E-state index is -0.0881. The van der Waals surface area contributed by atoms with Crippen molar-refractivity contribution in [3.8, 4) is 0 Å². The average Bonchev–Trinajstić information content (AvgIpc) is 1.94. The summed E-state index contributed by atoms with van der Waals surface area (Å²) in [6.45, 7) is 3.52. The number of nitrogens with one attached hydrogen (secondary N) is 1. The van der Waals surface area contributed by atoms with Crippen LogP contribution in [-0.4, -0.2) is 9.97 Å². The largest absolute Gasteiger partial charge is 0.313 e. The molecule has 0 saturated heterocycles. The van der Waals surface area contributed by atoms with Crippen molar-refractivity contribution in [1.29, 1.82) is 0 Å². The van der Waals surface area contributed by atoms with Crippen LogP contribution in [0.3, 0.4) is 0 Å². The van der Waals surface area contributed by atoms with Gasteiger partial charge < -0.3 is 4.98 Å². The topological polar surface area (TPSA) is 45.8 Å². The molecule has 0 aliphatic carbocycles. The van der Waals surface area contributed by atoms with Gasteiger partial charge in [0.1, 0.15) is 0 Å². The Labute approximate surface area is 58.4 Å². The Morgan fingerprint density at radius 3 is 3.20 bits per heavy atom. The Morgan fingerprint density at radius 2 is 2.60 bits per heavy atom. The van der Waals surface area contributed by atoms with E-state index in [1.165, 1.54) is 6.33 Å². The van der Waals surface area contributed by atoms with Crippen LogP contribution in [0.2, 0.25) is 0 Å². The Kier molecular flexibility index (Phi) is 1.99. The summed E-state index contributed by atoms with van der Waals surface area (Å²) in [6, 6.07) is 0. The van der Waals surface area contributed by atoms with E-state index >= 15 is 0 Å². The van der Waals surface area contributed by atoms with Gasteiger partial charge in [-0.15, -0.1) is 6.58 Å². The zero-order chi connectivity index (χ0) is 7.40. The Hall–Kier alpha value is -1.38. The predicted octanol–water partition coefficient (Wildman–Crippen LogP) is 0.498. The molecule has 1 heterocycles. The average molecular weight is 136 g/mol. The first-order valence-electron chi connectivity index (χ1n) is 2.97. The maximum atomic E-state index is 10.9. The van der Waals surface area contributed by atoms with E-state index in [1.807, 2.05) is 0 Å². The second kappa shape index (κ2) is 2.96. The number of H-pyrrole nitrogens is 1. The highest BCUT2D eigenvalue weighted by Gasteiger charge is 1.92. The maximum absolute atomic E-state index is 10.9. The lowest BCUT2D eigenvalue weighted by molar-refractivity contribution is 1.04. The molecule has 0 radical (unpaired) electrons. The smallest absolute Gasteiger partial charge is 0.254 e. The molecule has 3 heteroatoms. The first-order valence-corrected chi connectivity index (χ1v) is 2.97. The molecule has 0 atom stereocenters. The Balaban J connectivity index is 3.03. The van der Waals surface area contributed by atoms with Gasteiger partial charge in [0.05, 0.1) is 6.33 Å². The van der Waals surface area contributed by atoms with Crippen molar-refractivity contribution < 1.29 is 0 Å². The highest BCUT2D eigenvalue weighted by Crippen LogP contribution is 1.86. The van der Waals surface area contributed by atoms with E-state index < -0.39 is 0 Å². The van der Waals surface area contributed by atoms with E-state index in [1.54, 1.807) is 12.3 Å². The predicted molar refractivity (Wildman–Crippen MR) is 38.8 cm³/mol. The molecule has 0 amide bonds. The summed E-state index contributed by atoms with van der Waals surface area (Å²) in [5, 5.41) is 0.